The zero-order valence-electron chi connectivity index (χ0n) is 19.0. The molecule has 2 N–H and O–H groups in total. The van der Waals surface area contributed by atoms with Crippen LogP contribution in [-0.2, 0) is 20.7 Å². The van der Waals surface area contributed by atoms with Crippen molar-refractivity contribution in [2.24, 2.45) is 0 Å². The Morgan fingerprint density at radius 1 is 1.29 bits per heavy atom. The Balaban J connectivity index is 1.32. The van der Waals surface area contributed by atoms with Gasteiger partial charge in [0.05, 0.1) is 35.5 Å². The number of carbonyl (C=O) groups is 1. The fourth-order valence-electron chi connectivity index (χ4n) is 4.32. The molecule has 5 rings (SSSR count). The monoisotopic (exact) mass is 496 g/mol. The van der Waals surface area contributed by atoms with Gasteiger partial charge in [-0.2, -0.15) is 5.26 Å². The number of amides is 1. The van der Waals surface area contributed by atoms with Crippen molar-refractivity contribution >= 4 is 27.5 Å². The third-order valence-corrected chi connectivity index (χ3v) is 7.26. The lowest BCUT2D eigenvalue weighted by molar-refractivity contribution is -0.132. The van der Waals surface area contributed by atoms with Gasteiger partial charge < -0.3 is 20.1 Å². The number of benzene rings is 2. The molecule has 8 nitrogen and oxygen atoms in total. The van der Waals surface area contributed by atoms with Crippen LogP contribution in [0, 0.1) is 17.1 Å². The average Bonchev–Trinajstić information content (AvgIpc) is 2.99. The van der Waals surface area contributed by atoms with Crippen LogP contribution in [0.4, 0.5) is 4.39 Å². The molecule has 2 aliphatic heterocycles. The SMILES string of the molecule is N#C[C@H](Cc1ccc(-c2ccc3sc(=O)n(C4COC4)c3c2)cc1F)NC(=O)[C@@H]1CNCCCO1. The molecule has 182 valence electrons. The lowest BCUT2D eigenvalue weighted by Crippen LogP contribution is -2.46. The van der Waals surface area contributed by atoms with E-state index in [0.717, 1.165) is 28.7 Å². The predicted molar refractivity (Wildman–Crippen MR) is 130 cm³/mol. The molecule has 0 aliphatic carbocycles. The molecule has 2 saturated heterocycles. The number of thiazole rings is 1. The number of nitrogens with one attached hydrogen (secondary N) is 2. The van der Waals surface area contributed by atoms with Gasteiger partial charge in [-0.25, -0.2) is 4.39 Å². The third kappa shape index (κ3) is 4.99. The molecule has 3 aromatic rings. The van der Waals surface area contributed by atoms with Crippen molar-refractivity contribution in [3.63, 3.8) is 0 Å². The van der Waals surface area contributed by atoms with Crippen molar-refractivity contribution in [3.8, 4) is 17.2 Å². The van der Waals surface area contributed by atoms with E-state index in [1.54, 1.807) is 16.7 Å². The van der Waals surface area contributed by atoms with Crippen molar-refractivity contribution in [3.05, 3.63) is 57.4 Å². The van der Waals surface area contributed by atoms with Crippen LogP contribution < -0.4 is 15.5 Å². The molecule has 2 aromatic carbocycles. The Bertz CT molecular complexity index is 1340. The van der Waals surface area contributed by atoms with Crippen molar-refractivity contribution in [2.45, 2.75) is 31.0 Å². The minimum Gasteiger partial charge on any atom is -0.377 e. The minimum atomic E-state index is -0.879. The second kappa shape index (κ2) is 10.3. The van der Waals surface area contributed by atoms with E-state index in [-0.39, 0.29) is 23.2 Å². The maximum atomic E-state index is 15.0. The zero-order chi connectivity index (χ0) is 24.4. The summed E-state index contributed by atoms with van der Waals surface area (Å²) in [5, 5.41) is 15.3. The van der Waals surface area contributed by atoms with Gasteiger partial charge in [0.25, 0.3) is 5.91 Å². The van der Waals surface area contributed by atoms with Crippen molar-refractivity contribution in [1.29, 1.82) is 5.26 Å². The number of aromatic nitrogens is 1. The van der Waals surface area contributed by atoms with Crippen LogP contribution in [0.5, 0.6) is 0 Å². The van der Waals surface area contributed by atoms with E-state index < -0.39 is 18.0 Å². The lowest BCUT2D eigenvalue weighted by atomic mass is 10.00. The first-order valence-electron chi connectivity index (χ1n) is 11.6. The molecule has 2 atom stereocenters. The first-order chi connectivity index (χ1) is 17.0. The van der Waals surface area contributed by atoms with E-state index in [2.05, 4.69) is 10.6 Å². The van der Waals surface area contributed by atoms with Gasteiger partial charge in [0.2, 0.25) is 0 Å². The molecule has 0 bridgehead atoms. The van der Waals surface area contributed by atoms with Gasteiger partial charge >= 0.3 is 4.87 Å². The molecule has 2 fully saturated rings. The smallest absolute Gasteiger partial charge is 0.308 e. The highest BCUT2D eigenvalue weighted by atomic mass is 32.1. The fraction of sp³-hybridized carbons (Fsp3) is 0.400. The average molecular weight is 497 g/mol. The van der Waals surface area contributed by atoms with Crippen molar-refractivity contribution in [1.82, 2.24) is 15.2 Å². The number of halogens is 1. The Morgan fingerprint density at radius 3 is 2.83 bits per heavy atom. The largest absolute Gasteiger partial charge is 0.377 e. The molecule has 10 heteroatoms. The Kier molecular flexibility index (Phi) is 6.92. The molecule has 3 heterocycles. The maximum Gasteiger partial charge on any atom is 0.308 e. The second-order valence-corrected chi connectivity index (χ2v) is 9.72. The molecule has 1 aromatic heterocycles. The van der Waals surface area contributed by atoms with E-state index >= 15 is 4.39 Å². The molecule has 0 radical (unpaired) electrons. The summed E-state index contributed by atoms with van der Waals surface area (Å²) in [7, 11) is 0. The molecular formula is C25H25FN4O4S. The Hall–Kier alpha value is -3.10. The number of fused-ring (bicyclic) bond motifs is 1. The maximum absolute atomic E-state index is 15.0. The highest BCUT2D eigenvalue weighted by Crippen LogP contribution is 2.30. The van der Waals surface area contributed by atoms with E-state index in [0.29, 0.717) is 37.5 Å². The summed E-state index contributed by atoms with van der Waals surface area (Å²) in [6, 6.07) is 11.7. The molecule has 2 aliphatic rings. The van der Waals surface area contributed by atoms with Crippen LogP contribution >= 0.6 is 11.3 Å². The molecule has 0 unspecified atom stereocenters. The standard InChI is InChI=1S/C25H25FN4O4S/c26-20-9-15(16-4-5-23-21(10-16)30(25(32)35-23)19-13-33-14-19)2-3-17(20)8-18(11-27)29-24(31)22-12-28-6-1-7-34-22/h2-5,9-10,18-19,22,28H,1,6-8,12-14H2,(H,29,31)/t18-,22-/m0/s1. The van der Waals surface area contributed by atoms with Crippen LogP contribution in [0.1, 0.15) is 18.0 Å². The van der Waals surface area contributed by atoms with Crippen molar-refractivity contribution in [2.75, 3.05) is 32.9 Å². The quantitative estimate of drug-likeness (QED) is 0.543. The second-order valence-electron chi connectivity index (χ2n) is 8.73. The van der Waals surface area contributed by atoms with E-state index in [9.17, 15) is 14.9 Å². The number of hydrogen-bond acceptors (Lipinski definition) is 7. The van der Waals surface area contributed by atoms with Gasteiger partial charge in [0.15, 0.2) is 0 Å². The topological polar surface area (TPSA) is 105 Å². The number of rotatable bonds is 6. The first kappa shape index (κ1) is 23.6. The highest BCUT2D eigenvalue weighted by Gasteiger charge is 2.26. The van der Waals surface area contributed by atoms with Crippen LogP contribution in [0.3, 0.4) is 0 Å². The van der Waals surface area contributed by atoms with Crippen molar-refractivity contribution < 1.29 is 18.7 Å². The molecule has 1 amide bonds. The van der Waals surface area contributed by atoms with Gasteiger partial charge in [-0.15, -0.1) is 0 Å². The lowest BCUT2D eigenvalue weighted by Gasteiger charge is -2.27. The van der Waals surface area contributed by atoms with Gasteiger partial charge in [0.1, 0.15) is 18.0 Å². The molecule has 35 heavy (non-hydrogen) atoms. The molecular weight excluding hydrogens is 471 g/mol. The Morgan fingerprint density at radius 2 is 2.09 bits per heavy atom. The van der Waals surface area contributed by atoms with E-state index in [1.165, 1.54) is 17.4 Å². The number of hydrogen-bond donors (Lipinski definition) is 2. The van der Waals surface area contributed by atoms with Crippen LogP contribution in [0.15, 0.2) is 41.2 Å². The van der Waals surface area contributed by atoms with E-state index in [1.807, 2.05) is 24.3 Å². The summed E-state index contributed by atoms with van der Waals surface area (Å²) < 4.78 is 28.5. The summed E-state index contributed by atoms with van der Waals surface area (Å²) in [4.78, 5) is 24.9. The highest BCUT2D eigenvalue weighted by molar-refractivity contribution is 7.16. The minimum absolute atomic E-state index is 0.0263. The number of nitriles is 1. The van der Waals surface area contributed by atoms with Gasteiger partial charge in [-0.1, -0.05) is 29.5 Å². The predicted octanol–water partition coefficient (Wildman–Crippen LogP) is 2.37. The summed E-state index contributed by atoms with van der Waals surface area (Å²) in [5.74, 6) is -0.838. The summed E-state index contributed by atoms with van der Waals surface area (Å²) in [6.07, 6.45) is 0.186. The summed E-state index contributed by atoms with van der Waals surface area (Å²) in [5.41, 5.74) is 2.61. The number of nitrogens with zero attached hydrogens (tertiary/aromatic N) is 2. The van der Waals surface area contributed by atoms with Crippen LogP contribution in [0.25, 0.3) is 21.3 Å². The Labute approximate surface area is 205 Å². The van der Waals surface area contributed by atoms with E-state index in [4.69, 9.17) is 9.47 Å². The summed E-state index contributed by atoms with van der Waals surface area (Å²) >= 11 is 1.19. The molecule has 0 spiro atoms. The van der Waals surface area contributed by atoms with Gasteiger partial charge in [-0.3, -0.25) is 14.2 Å². The molecule has 0 saturated carbocycles. The third-order valence-electron chi connectivity index (χ3n) is 6.32. The first-order valence-corrected chi connectivity index (χ1v) is 12.4. The normalized spacial score (nSPS) is 19.5. The van der Waals surface area contributed by atoms with Crippen LogP contribution in [-0.4, -0.2) is 55.5 Å². The zero-order valence-corrected chi connectivity index (χ0v) is 19.8. The van der Waals surface area contributed by atoms with Gasteiger partial charge in [0, 0.05) is 19.6 Å². The number of ether oxygens (including phenoxy) is 2. The fourth-order valence-corrected chi connectivity index (χ4v) is 5.25. The summed E-state index contributed by atoms with van der Waals surface area (Å²) in [6.45, 7) is 2.65. The number of carbonyl (C=O) groups excluding carboxylic acids is 1. The van der Waals surface area contributed by atoms with Gasteiger partial charge in [-0.05, 0) is 47.9 Å². The van der Waals surface area contributed by atoms with Crippen LogP contribution in [0.2, 0.25) is 0 Å².